The minimum atomic E-state index is 0.0548. The molecule has 0 atom stereocenters. The van der Waals surface area contributed by atoms with Crippen LogP contribution in [0, 0.1) is 5.92 Å². The van der Waals surface area contributed by atoms with Gasteiger partial charge in [0.05, 0.1) is 0 Å². The van der Waals surface area contributed by atoms with Crippen molar-refractivity contribution in [3.8, 4) is 0 Å². The van der Waals surface area contributed by atoms with E-state index in [0.29, 0.717) is 18.9 Å². The molecule has 1 heterocycles. The number of anilines is 1. The third kappa shape index (κ3) is 7.43. The van der Waals surface area contributed by atoms with Crippen molar-refractivity contribution in [3.05, 3.63) is 52.2 Å². The van der Waals surface area contributed by atoms with Crippen LogP contribution in [0.2, 0.25) is 0 Å². The number of benzene rings is 1. The smallest absolute Gasteiger partial charge is 0.224 e. The maximum atomic E-state index is 12.0. The van der Waals surface area contributed by atoms with Gasteiger partial charge in [-0.3, -0.25) is 9.79 Å². The molecule has 2 N–H and O–H groups in total. The number of hydrogen-bond acceptors (Lipinski definition) is 3. The Bertz CT molecular complexity index is 740. The third-order valence-electron chi connectivity index (χ3n) is 4.10. The maximum Gasteiger partial charge on any atom is 0.224 e. The summed E-state index contributed by atoms with van der Waals surface area (Å²) < 4.78 is 0. The fourth-order valence-corrected chi connectivity index (χ4v) is 3.44. The fourth-order valence-electron chi connectivity index (χ4n) is 2.75. The maximum absolute atomic E-state index is 12.0. The van der Waals surface area contributed by atoms with Crippen LogP contribution in [0.5, 0.6) is 0 Å². The summed E-state index contributed by atoms with van der Waals surface area (Å²) in [6.45, 7) is 5.65. The van der Waals surface area contributed by atoms with Gasteiger partial charge < -0.3 is 15.5 Å². The highest BCUT2D eigenvalue weighted by molar-refractivity contribution is 7.09. The number of carbonyl (C=O) groups excluding carboxylic acids is 1. The number of aliphatic imine (C=N–C) groups is 1. The molecule has 0 aliphatic rings. The van der Waals surface area contributed by atoms with Crippen LogP contribution in [0.1, 0.15) is 30.7 Å². The minimum Gasteiger partial charge on any atom is -0.352 e. The number of rotatable bonds is 8. The summed E-state index contributed by atoms with van der Waals surface area (Å²) in [5.41, 5.74) is 1.94. The Morgan fingerprint density at radius 1 is 1.26 bits per heavy atom. The topological polar surface area (TPSA) is 56.7 Å². The summed E-state index contributed by atoms with van der Waals surface area (Å²) in [6, 6.07) is 12.2. The van der Waals surface area contributed by atoms with Crippen molar-refractivity contribution in [2.24, 2.45) is 10.9 Å². The van der Waals surface area contributed by atoms with E-state index in [2.05, 4.69) is 38.0 Å². The molecule has 146 valence electrons. The van der Waals surface area contributed by atoms with Crippen molar-refractivity contribution in [2.75, 3.05) is 26.0 Å². The third-order valence-corrected chi connectivity index (χ3v) is 5.04. The average molecular weight is 387 g/mol. The second kappa shape index (κ2) is 10.7. The first-order valence-electron chi connectivity index (χ1n) is 9.31. The van der Waals surface area contributed by atoms with Gasteiger partial charge in [-0.15, -0.1) is 11.3 Å². The number of guanidine groups is 1. The van der Waals surface area contributed by atoms with Crippen molar-refractivity contribution in [1.29, 1.82) is 0 Å². The molecule has 27 heavy (non-hydrogen) atoms. The molecular formula is C21H30N4OS. The molecule has 0 saturated heterocycles. The van der Waals surface area contributed by atoms with Gasteiger partial charge in [-0.2, -0.15) is 0 Å². The fraction of sp³-hybridized carbons (Fsp3) is 0.429. The van der Waals surface area contributed by atoms with Gasteiger partial charge >= 0.3 is 0 Å². The van der Waals surface area contributed by atoms with Crippen LogP contribution in [0.3, 0.4) is 0 Å². The van der Waals surface area contributed by atoms with Gasteiger partial charge in [-0.1, -0.05) is 32.0 Å². The molecule has 1 aromatic carbocycles. The molecule has 0 saturated carbocycles. The number of carbonyl (C=O) groups is 1. The van der Waals surface area contributed by atoms with E-state index in [0.717, 1.165) is 30.2 Å². The lowest BCUT2D eigenvalue weighted by Gasteiger charge is -2.22. The van der Waals surface area contributed by atoms with E-state index in [1.165, 1.54) is 4.88 Å². The molecule has 1 aromatic heterocycles. The minimum absolute atomic E-state index is 0.0548. The molecule has 0 aliphatic heterocycles. The Kier molecular flexibility index (Phi) is 8.33. The number of likely N-dealkylation sites (N-methyl/N-ethyl adjacent to an activating group) is 1. The summed E-state index contributed by atoms with van der Waals surface area (Å²) in [6.07, 6.45) is 1.54. The zero-order valence-corrected chi connectivity index (χ0v) is 17.5. The van der Waals surface area contributed by atoms with Crippen LogP contribution >= 0.6 is 11.3 Å². The first kappa shape index (κ1) is 21.0. The molecule has 0 unspecified atom stereocenters. The monoisotopic (exact) mass is 386 g/mol. The second-order valence-electron chi connectivity index (χ2n) is 7.00. The molecule has 0 spiro atoms. The Morgan fingerprint density at radius 3 is 2.74 bits per heavy atom. The summed E-state index contributed by atoms with van der Waals surface area (Å²) in [5.74, 6) is 1.27. The zero-order valence-electron chi connectivity index (χ0n) is 16.7. The van der Waals surface area contributed by atoms with Gasteiger partial charge in [0.15, 0.2) is 5.96 Å². The number of nitrogens with zero attached hydrogens (tertiary/aromatic N) is 2. The first-order valence-corrected chi connectivity index (χ1v) is 10.2. The normalized spacial score (nSPS) is 11.5. The Morgan fingerprint density at radius 2 is 2.07 bits per heavy atom. The Hall–Kier alpha value is -2.34. The van der Waals surface area contributed by atoms with Crippen molar-refractivity contribution >= 4 is 28.9 Å². The van der Waals surface area contributed by atoms with Crippen LogP contribution in [0.25, 0.3) is 0 Å². The van der Waals surface area contributed by atoms with E-state index < -0.39 is 0 Å². The van der Waals surface area contributed by atoms with Crippen molar-refractivity contribution in [2.45, 2.75) is 33.2 Å². The van der Waals surface area contributed by atoms with Crippen LogP contribution in [-0.4, -0.2) is 37.4 Å². The standard InChI is InChI=1S/C21H30N4OS/c1-16(2)13-20(26)24-18-8-5-7-17(14-18)15-23-21(22-3)25(4)11-10-19-9-6-12-27-19/h5-9,12,14,16H,10-11,13,15H2,1-4H3,(H,22,23)(H,24,26). The van der Waals surface area contributed by atoms with Crippen LogP contribution in [0.15, 0.2) is 46.8 Å². The molecule has 0 aliphatic carbocycles. The highest BCUT2D eigenvalue weighted by Gasteiger charge is 2.08. The van der Waals surface area contributed by atoms with Crippen molar-refractivity contribution in [1.82, 2.24) is 10.2 Å². The predicted octanol–water partition coefficient (Wildman–Crippen LogP) is 3.98. The molecule has 1 amide bonds. The van der Waals surface area contributed by atoms with Gasteiger partial charge in [0.25, 0.3) is 0 Å². The molecule has 2 rings (SSSR count). The number of nitrogens with one attached hydrogen (secondary N) is 2. The van der Waals surface area contributed by atoms with E-state index in [1.807, 2.05) is 45.2 Å². The Balaban J connectivity index is 1.86. The molecule has 5 nitrogen and oxygen atoms in total. The lowest BCUT2D eigenvalue weighted by molar-refractivity contribution is -0.116. The Labute approximate surface area is 166 Å². The number of thiophene rings is 1. The van der Waals surface area contributed by atoms with Crippen molar-refractivity contribution in [3.63, 3.8) is 0 Å². The number of hydrogen-bond donors (Lipinski definition) is 2. The van der Waals surface area contributed by atoms with Gasteiger partial charge in [-0.05, 0) is 41.5 Å². The van der Waals surface area contributed by atoms with E-state index in [1.54, 1.807) is 18.4 Å². The van der Waals surface area contributed by atoms with Crippen LogP contribution in [0.4, 0.5) is 5.69 Å². The van der Waals surface area contributed by atoms with Crippen LogP contribution < -0.4 is 10.6 Å². The molecule has 0 fully saturated rings. The first-order chi connectivity index (χ1) is 13.0. The lowest BCUT2D eigenvalue weighted by Crippen LogP contribution is -2.39. The van der Waals surface area contributed by atoms with Crippen LogP contribution in [-0.2, 0) is 17.8 Å². The van der Waals surface area contributed by atoms with E-state index >= 15 is 0 Å². The summed E-state index contributed by atoms with van der Waals surface area (Å²) in [5, 5.41) is 8.47. The van der Waals surface area contributed by atoms with Crippen molar-refractivity contribution < 1.29 is 4.79 Å². The summed E-state index contributed by atoms with van der Waals surface area (Å²) >= 11 is 1.78. The largest absolute Gasteiger partial charge is 0.352 e. The summed E-state index contributed by atoms with van der Waals surface area (Å²) in [4.78, 5) is 19.8. The van der Waals surface area contributed by atoms with Gasteiger partial charge in [0, 0.05) is 44.2 Å². The predicted molar refractivity (Wildman–Crippen MR) is 115 cm³/mol. The molecule has 6 heteroatoms. The molecule has 0 bridgehead atoms. The quantitative estimate of drug-likeness (QED) is 0.533. The highest BCUT2D eigenvalue weighted by atomic mass is 32.1. The van der Waals surface area contributed by atoms with Gasteiger partial charge in [0.1, 0.15) is 0 Å². The molecule has 0 radical (unpaired) electrons. The van der Waals surface area contributed by atoms with Gasteiger partial charge in [0.2, 0.25) is 5.91 Å². The molecular weight excluding hydrogens is 356 g/mol. The van der Waals surface area contributed by atoms with E-state index in [-0.39, 0.29) is 5.91 Å². The number of amides is 1. The van der Waals surface area contributed by atoms with E-state index in [9.17, 15) is 4.79 Å². The second-order valence-corrected chi connectivity index (χ2v) is 8.03. The zero-order chi connectivity index (χ0) is 19.6. The highest BCUT2D eigenvalue weighted by Crippen LogP contribution is 2.13. The van der Waals surface area contributed by atoms with E-state index in [4.69, 9.17) is 0 Å². The lowest BCUT2D eigenvalue weighted by atomic mass is 10.1. The average Bonchev–Trinajstić information content (AvgIpc) is 3.13. The molecule has 2 aromatic rings. The summed E-state index contributed by atoms with van der Waals surface area (Å²) in [7, 11) is 3.85. The van der Waals surface area contributed by atoms with Gasteiger partial charge in [-0.25, -0.2) is 0 Å². The SMILES string of the molecule is CN=C(NCc1cccc(NC(=O)CC(C)C)c1)N(C)CCc1cccs1.